The number of benzene rings is 1. The van der Waals surface area contributed by atoms with E-state index in [2.05, 4.69) is 25.7 Å². The molecular weight excluding hydrogens is 388 g/mol. The molecule has 0 atom stereocenters. The van der Waals surface area contributed by atoms with Crippen LogP contribution in [0.15, 0.2) is 33.9 Å². The average molecular weight is 406 g/mol. The molecule has 0 saturated heterocycles. The van der Waals surface area contributed by atoms with Gasteiger partial charge in [-0.05, 0) is 18.2 Å². The van der Waals surface area contributed by atoms with E-state index in [1.165, 1.54) is 23.8 Å². The van der Waals surface area contributed by atoms with Gasteiger partial charge in [-0.3, -0.25) is 14.4 Å². The molecular formula is C16H18N6O5S. The average Bonchev–Trinajstić information content (AvgIpc) is 3.13. The van der Waals surface area contributed by atoms with E-state index in [-0.39, 0.29) is 31.8 Å². The lowest BCUT2D eigenvalue weighted by molar-refractivity contribution is -0.137. The van der Waals surface area contributed by atoms with Gasteiger partial charge in [-0.1, -0.05) is 11.3 Å². The Morgan fingerprint density at radius 2 is 1.82 bits per heavy atom. The van der Waals surface area contributed by atoms with Crippen LogP contribution in [0.2, 0.25) is 0 Å². The molecule has 2 aromatic rings. The second kappa shape index (κ2) is 10.1. The summed E-state index contributed by atoms with van der Waals surface area (Å²) in [5.74, 6) is -2.32. The summed E-state index contributed by atoms with van der Waals surface area (Å²) in [5.41, 5.74) is 2.79. The van der Waals surface area contributed by atoms with E-state index in [4.69, 9.17) is 10.2 Å². The lowest BCUT2D eigenvalue weighted by Crippen LogP contribution is -2.28. The van der Waals surface area contributed by atoms with Gasteiger partial charge in [-0.15, -0.1) is 20.4 Å². The normalized spacial score (nSPS) is 10.8. The molecule has 0 fully saturated rings. The van der Waals surface area contributed by atoms with Gasteiger partial charge in [0.2, 0.25) is 5.91 Å². The van der Waals surface area contributed by atoms with Gasteiger partial charge < -0.3 is 20.4 Å². The zero-order valence-corrected chi connectivity index (χ0v) is 15.7. The van der Waals surface area contributed by atoms with Crippen LogP contribution >= 0.6 is 11.3 Å². The number of aliphatic carboxylic acids is 2. The van der Waals surface area contributed by atoms with Gasteiger partial charge in [0.05, 0.1) is 18.5 Å². The lowest BCUT2D eigenvalue weighted by atomic mass is 10.2. The van der Waals surface area contributed by atoms with E-state index >= 15 is 0 Å². The van der Waals surface area contributed by atoms with Gasteiger partial charge in [0.15, 0.2) is 0 Å². The van der Waals surface area contributed by atoms with E-state index in [1.807, 2.05) is 0 Å². The Kier molecular flexibility index (Phi) is 7.51. The summed E-state index contributed by atoms with van der Waals surface area (Å²) in [5, 5.41) is 36.3. The Morgan fingerprint density at radius 3 is 2.36 bits per heavy atom. The quantitative estimate of drug-likeness (QED) is 0.508. The van der Waals surface area contributed by atoms with Crippen LogP contribution in [-0.2, 0) is 14.4 Å². The molecule has 148 valence electrons. The van der Waals surface area contributed by atoms with Crippen molar-refractivity contribution in [1.82, 2.24) is 10.2 Å². The minimum Gasteiger partial charge on any atom is -0.481 e. The lowest BCUT2D eigenvalue weighted by Gasteiger charge is -2.24. The van der Waals surface area contributed by atoms with Gasteiger partial charge in [-0.2, -0.15) is 0 Å². The number of carboxylic acids is 2. The summed E-state index contributed by atoms with van der Waals surface area (Å²) >= 11 is 1.20. The first kappa shape index (κ1) is 20.9. The zero-order valence-electron chi connectivity index (χ0n) is 14.9. The van der Waals surface area contributed by atoms with Crippen molar-refractivity contribution in [3.05, 3.63) is 23.7 Å². The molecule has 0 radical (unpaired) electrons. The number of amides is 1. The fourth-order valence-electron chi connectivity index (χ4n) is 2.24. The highest BCUT2D eigenvalue weighted by Crippen LogP contribution is 2.32. The van der Waals surface area contributed by atoms with Crippen LogP contribution in [0, 0.1) is 0 Å². The highest BCUT2D eigenvalue weighted by molar-refractivity contribution is 7.13. The molecule has 0 unspecified atom stereocenters. The standard InChI is InChI=1S/C16H18N6O5S/c1-10(23)18-13-8-11(22(6-4-14(24)25)7-5-15(26)27)2-3-12(13)19-21-16-20-17-9-28-16/h2-3,8-9H,4-7H2,1H3,(H,18,23)(H,24,25)(H,26,27). The van der Waals surface area contributed by atoms with Gasteiger partial charge >= 0.3 is 11.9 Å². The molecule has 12 heteroatoms. The second-order valence-corrected chi connectivity index (χ2v) is 6.39. The molecule has 0 spiro atoms. The predicted octanol–water partition coefficient (Wildman–Crippen LogP) is 2.67. The maximum Gasteiger partial charge on any atom is 0.305 e. The van der Waals surface area contributed by atoms with Gasteiger partial charge in [-0.25, -0.2) is 0 Å². The third kappa shape index (κ3) is 6.72. The number of nitrogens with one attached hydrogen (secondary N) is 1. The van der Waals surface area contributed by atoms with Crippen LogP contribution in [-0.4, -0.2) is 51.3 Å². The first-order valence-corrected chi connectivity index (χ1v) is 9.01. The maximum absolute atomic E-state index is 11.5. The molecule has 3 N–H and O–H groups in total. The topological polar surface area (TPSA) is 157 Å². The number of aromatic nitrogens is 2. The van der Waals surface area contributed by atoms with Crippen molar-refractivity contribution in [2.75, 3.05) is 23.3 Å². The van der Waals surface area contributed by atoms with E-state index in [0.717, 1.165) is 0 Å². The number of rotatable bonds is 10. The zero-order chi connectivity index (χ0) is 20.5. The second-order valence-electron chi connectivity index (χ2n) is 5.58. The van der Waals surface area contributed by atoms with Crippen molar-refractivity contribution >= 4 is 51.4 Å². The first-order chi connectivity index (χ1) is 13.3. The summed E-state index contributed by atoms with van der Waals surface area (Å²) in [6, 6.07) is 4.85. The third-order valence-electron chi connectivity index (χ3n) is 3.44. The van der Waals surface area contributed by atoms with Crippen LogP contribution in [0.3, 0.4) is 0 Å². The molecule has 0 bridgehead atoms. The van der Waals surface area contributed by atoms with E-state index in [9.17, 15) is 14.4 Å². The first-order valence-electron chi connectivity index (χ1n) is 8.13. The molecule has 0 aliphatic carbocycles. The minimum atomic E-state index is -0.995. The van der Waals surface area contributed by atoms with Crippen LogP contribution in [0.4, 0.5) is 22.2 Å². The van der Waals surface area contributed by atoms with Crippen molar-refractivity contribution < 1.29 is 24.6 Å². The number of carbonyl (C=O) groups is 3. The predicted molar refractivity (Wildman–Crippen MR) is 102 cm³/mol. The summed E-state index contributed by atoms with van der Waals surface area (Å²) in [6.45, 7) is 1.58. The molecule has 11 nitrogen and oxygen atoms in total. The van der Waals surface area contributed by atoms with Gasteiger partial charge in [0.1, 0.15) is 11.2 Å². The van der Waals surface area contributed by atoms with Gasteiger partial charge in [0, 0.05) is 25.7 Å². The summed E-state index contributed by atoms with van der Waals surface area (Å²) in [7, 11) is 0. The Morgan fingerprint density at radius 1 is 1.14 bits per heavy atom. The Hall–Kier alpha value is -3.41. The molecule has 28 heavy (non-hydrogen) atoms. The number of hydrogen-bond donors (Lipinski definition) is 3. The van der Waals surface area contributed by atoms with Crippen molar-refractivity contribution in [2.45, 2.75) is 19.8 Å². The van der Waals surface area contributed by atoms with E-state index < -0.39 is 11.9 Å². The van der Waals surface area contributed by atoms with Crippen molar-refractivity contribution in [3.63, 3.8) is 0 Å². The number of carbonyl (C=O) groups excluding carboxylic acids is 1. The molecule has 1 amide bonds. The highest BCUT2D eigenvalue weighted by Gasteiger charge is 2.14. The van der Waals surface area contributed by atoms with E-state index in [0.29, 0.717) is 22.2 Å². The van der Waals surface area contributed by atoms with Crippen LogP contribution < -0.4 is 10.2 Å². The minimum absolute atomic E-state index is 0.119. The molecule has 0 aliphatic rings. The van der Waals surface area contributed by atoms with Crippen molar-refractivity contribution in [2.24, 2.45) is 10.2 Å². The monoisotopic (exact) mass is 406 g/mol. The third-order valence-corrected chi connectivity index (χ3v) is 4.01. The van der Waals surface area contributed by atoms with Gasteiger partial charge in [0.25, 0.3) is 5.13 Å². The highest BCUT2D eigenvalue weighted by atomic mass is 32.1. The number of nitrogens with zero attached hydrogens (tertiary/aromatic N) is 5. The number of carboxylic acid groups (broad SMARTS) is 2. The van der Waals surface area contributed by atoms with Crippen molar-refractivity contribution in [3.8, 4) is 0 Å². The molecule has 0 aliphatic heterocycles. The largest absolute Gasteiger partial charge is 0.481 e. The van der Waals surface area contributed by atoms with Crippen LogP contribution in [0.1, 0.15) is 19.8 Å². The summed E-state index contributed by atoms with van der Waals surface area (Å²) in [4.78, 5) is 35.0. The molecule has 1 aromatic carbocycles. The van der Waals surface area contributed by atoms with Crippen LogP contribution in [0.5, 0.6) is 0 Å². The SMILES string of the molecule is CC(=O)Nc1cc(N(CCC(=O)O)CCC(=O)O)ccc1N=Nc1nncs1. The molecule has 1 heterocycles. The number of hydrogen-bond acceptors (Lipinski definition) is 9. The fraction of sp³-hybridized carbons (Fsp3) is 0.312. The number of anilines is 2. The summed E-state index contributed by atoms with van der Waals surface area (Å²) < 4.78 is 0. The Balaban J connectivity index is 2.31. The van der Waals surface area contributed by atoms with Crippen molar-refractivity contribution in [1.29, 1.82) is 0 Å². The number of azo groups is 1. The smallest absolute Gasteiger partial charge is 0.305 e. The van der Waals surface area contributed by atoms with Crippen LogP contribution in [0.25, 0.3) is 0 Å². The molecule has 0 saturated carbocycles. The Labute approximate surface area is 163 Å². The fourth-order valence-corrected chi connectivity index (χ4v) is 2.61. The Bertz CT molecular complexity index is 852. The summed E-state index contributed by atoms with van der Waals surface area (Å²) in [6.07, 6.45) is -0.318. The maximum atomic E-state index is 11.5. The molecule has 2 rings (SSSR count). The van der Waals surface area contributed by atoms with E-state index in [1.54, 1.807) is 23.1 Å². The molecule has 1 aromatic heterocycles.